The van der Waals surface area contributed by atoms with Gasteiger partial charge in [0, 0.05) is 43.5 Å². The molecule has 0 heterocycles. The van der Waals surface area contributed by atoms with Crippen LogP contribution in [0.15, 0.2) is 115 Å². The van der Waals surface area contributed by atoms with Gasteiger partial charge in [-0.05, 0) is 115 Å². The van der Waals surface area contributed by atoms with Crippen LogP contribution >= 0.6 is 0 Å². The third-order valence-electron chi connectivity index (χ3n) is 11.7. The summed E-state index contributed by atoms with van der Waals surface area (Å²) in [4.78, 5) is 2.08. The SMILES string of the molecule is CC[N+](CC)(c1cc(C(F)(F)F)cc(C(F)(F)F)c1)c1ccc(-c2cc(C(F)(F)F)cc(C(F)(F)F)c2)c(-c2cc(C(F)(F)F)cc(C(F)(F)F)c2)c1-c1cc(C(F)(F)F)cc(C(F)(F)F)c1.CN(C)c1ccccc1. The average Bonchev–Trinajstić information content (AvgIpc) is 3.29. The van der Waals surface area contributed by atoms with E-state index in [0.717, 1.165) is 13.8 Å². The van der Waals surface area contributed by atoms with Crippen molar-refractivity contribution in [2.24, 2.45) is 0 Å². The van der Waals surface area contributed by atoms with Gasteiger partial charge in [-0.15, -0.1) is 0 Å². The molecule has 0 aliphatic carbocycles. The molecule has 0 spiro atoms. The number of rotatable bonds is 8. The minimum atomic E-state index is -5.87. The lowest BCUT2D eigenvalue weighted by molar-refractivity contribution is -0.144. The van der Waals surface area contributed by atoms with Gasteiger partial charge in [-0.2, -0.15) is 105 Å². The van der Waals surface area contributed by atoms with Crippen LogP contribution in [0.5, 0.6) is 0 Å². The van der Waals surface area contributed by atoms with Gasteiger partial charge >= 0.3 is 49.4 Å². The van der Waals surface area contributed by atoms with Crippen molar-refractivity contribution in [1.82, 2.24) is 4.48 Å². The van der Waals surface area contributed by atoms with Crippen LogP contribution in [0.2, 0.25) is 0 Å². The van der Waals surface area contributed by atoms with E-state index < -0.39 is 181 Å². The Labute approximate surface area is 415 Å². The number of quaternary nitrogens is 1. The van der Waals surface area contributed by atoms with E-state index in [1.165, 1.54) is 5.69 Å². The molecule has 6 rings (SSSR count). The second-order valence-electron chi connectivity index (χ2n) is 16.9. The van der Waals surface area contributed by atoms with Crippen LogP contribution in [-0.4, -0.2) is 27.2 Å². The molecule has 0 amide bonds. The molecular formula is C50H35F24N2+. The Morgan fingerprint density at radius 2 is 0.605 bits per heavy atom. The monoisotopic (exact) mass is 1120 g/mol. The predicted molar refractivity (Wildman–Crippen MR) is 233 cm³/mol. The summed E-state index contributed by atoms with van der Waals surface area (Å²) in [5, 5.41) is 0. The van der Waals surface area contributed by atoms with E-state index in [1.807, 2.05) is 32.3 Å². The molecule has 0 fully saturated rings. The first-order valence-electron chi connectivity index (χ1n) is 21.4. The Balaban J connectivity index is 0.00000107. The molecule has 0 bridgehead atoms. The first-order valence-corrected chi connectivity index (χ1v) is 21.4. The van der Waals surface area contributed by atoms with Gasteiger partial charge in [-0.25, -0.2) is 0 Å². The lowest BCUT2D eigenvalue weighted by Gasteiger charge is -2.39. The minimum Gasteiger partial charge on any atom is -0.378 e. The third-order valence-corrected chi connectivity index (χ3v) is 11.7. The van der Waals surface area contributed by atoms with Gasteiger partial charge in [0.2, 0.25) is 0 Å². The maximum Gasteiger partial charge on any atom is 0.416 e. The van der Waals surface area contributed by atoms with Crippen molar-refractivity contribution in [3.8, 4) is 33.4 Å². The molecule has 6 aromatic carbocycles. The van der Waals surface area contributed by atoms with Crippen LogP contribution in [-0.2, 0) is 49.4 Å². The van der Waals surface area contributed by atoms with Crippen LogP contribution in [0, 0.1) is 0 Å². The number of hydrogen-bond donors (Lipinski definition) is 0. The number of anilines is 1. The zero-order valence-corrected chi connectivity index (χ0v) is 38.8. The summed E-state index contributed by atoms with van der Waals surface area (Å²) in [6.07, 6.45) is -46.3. The van der Waals surface area contributed by atoms with Crippen LogP contribution < -0.4 is 9.38 Å². The van der Waals surface area contributed by atoms with Crippen LogP contribution in [0.4, 0.5) is 122 Å². The van der Waals surface area contributed by atoms with Gasteiger partial charge in [0.1, 0.15) is 11.4 Å². The van der Waals surface area contributed by atoms with E-state index in [9.17, 15) is 105 Å². The van der Waals surface area contributed by atoms with Gasteiger partial charge in [0.15, 0.2) is 0 Å². The molecule has 0 atom stereocenters. The van der Waals surface area contributed by atoms with E-state index in [4.69, 9.17) is 0 Å². The standard InChI is InChI=1S/C42H24F24N.C8H11N/c1-3-67(4-2,30-17-28(41(61,62)63)16-29(18-30)42(64,65)66)32-6-5-31(19-7-22(35(43,44)45)13-23(8-19)36(46,47)48)33(20-9-24(37(49,50)51)14-25(10-20)38(52,53)54)34(32)21-11-26(39(55,56)57)15-27(12-21)40(58,59)60;1-9(2)8-6-4-3-5-7-8/h5-18H,3-4H2,1-2H3;3-7H,1-2H3/q+1;. The molecule has 6 aromatic rings. The average molecular weight is 1120 g/mol. The fraction of sp³-hybridized carbons (Fsp3) is 0.280. The highest BCUT2D eigenvalue weighted by Crippen LogP contribution is 2.55. The molecule has 0 radical (unpaired) electrons. The lowest BCUT2D eigenvalue weighted by Crippen LogP contribution is -2.44. The number of alkyl halides is 24. The Kier molecular flexibility index (Phi) is 16.4. The summed E-state index contributed by atoms with van der Waals surface area (Å²) < 4.78 is 343. The smallest absolute Gasteiger partial charge is 0.378 e. The lowest BCUT2D eigenvalue weighted by atomic mass is 9.82. The Morgan fingerprint density at radius 3 is 0.868 bits per heavy atom. The highest BCUT2D eigenvalue weighted by Gasteiger charge is 2.46. The number of nitrogens with zero attached hydrogens (tertiary/aromatic N) is 2. The van der Waals surface area contributed by atoms with E-state index in [0.29, 0.717) is 12.1 Å². The summed E-state index contributed by atoms with van der Waals surface area (Å²) in [5.74, 6) is 0. The molecular weight excluding hydrogens is 1080 g/mol. The maximum absolute atomic E-state index is 14.5. The summed E-state index contributed by atoms with van der Waals surface area (Å²) >= 11 is 0. The molecule has 0 unspecified atom stereocenters. The van der Waals surface area contributed by atoms with Gasteiger partial charge in [0.05, 0.1) is 63.2 Å². The molecule has 0 aliphatic rings. The second kappa shape index (κ2) is 20.7. The van der Waals surface area contributed by atoms with Crippen molar-refractivity contribution in [1.29, 1.82) is 0 Å². The van der Waals surface area contributed by atoms with Crippen molar-refractivity contribution in [2.45, 2.75) is 63.3 Å². The number of benzene rings is 6. The molecule has 0 N–H and O–H groups in total. The van der Waals surface area contributed by atoms with E-state index in [2.05, 4.69) is 17.0 Å². The van der Waals surface area contributed by atoms with E-state index in [1.54, 1.807) is 0 Å². The second-order valence-corrected chi connectivity index (χ2v) is 16.9. The van der Waals surface area contributed by atoms with Gasteiger partial charge in [0.25, 0.3) is 0 Å². The highest BCUT2D eigenvalue weighted by molar-refractivity contribution is 6.01. The van der Waals surface area contributed by atoms with Gasteiger partial charge in [-0.3, -0.25) is 4.48 Å². The number of halogens is 24. The Morgan fingerprint density at radius 1 is 0.329 bits per heavy atom. The largest absolute Gasteiger partial charge is 0.416 e. The zero-order chi connectivity index (χ0) is 57.7. The topological polar surface area (TPSA) is 3.24 Å². The summed E-state index contributed by atoms with van der Waals surface area (Å²) in [6.45, 7) is 0.0561. The molecule has 412 valence electrons. The van der Waals surface area contributed by atoms with Gasteiger partial charge < -0.3 is 4.90 Å². The minimum absolute atomic E-state index is 0.0291. The van der Waals surface area contributed by atoms with Crippen LogP contribution in [0.1, 0.15) is 58.4 Å². The third kappa shape index (κ3) is 13.5. The highest BCUT2D eigenvalue weighted by atomic mass is 19.4. The number of hydrogen-bond acceptors (Lipinski definition) is 1. The molecule has 26 heteroatoms. The Bertz CT molecular complexity index is 2890. The maximum atomic E-state index is 14.5. The van der Waals surface area contributed by atoms with E-state index in [-0.39, 0.29) is 48.5 Å². The first kappa shape index (κ1) is 60.3. The molecule has 0 aliphatic heterocycles. The van der Waals surface area contributed by atoms with E-state index >= 15 is 0 Å². The molecule has 76 heavy (non-hydrogen) atoms. The van der Waals surface area contributed by atoms with Crippen molar-refractivity contribution >= 4 is 17.1 Å². The first-order chi connectivity index (χ1) is 34.4. The molecule has 0 saturated carbocycles. The van der Waals surface area contributed by atoms with Crippen molar-refractivity contribution in [3.05, 3.63) is 160 Å². The van der Waals surface area contributed by atoms with Gasteiger partial charge in [-0.1, -0.05) is 18.2 Å². The van der Waals surface area contributed by atoms with Crippen molar-refractivity contribution in [3.63, 3.8) is 0 Å². The molecule has 0 saturated heterocycles. The summed E-state index contributed by atoms with van der Waals surface area (Å²) in [5.41, 5.74) is -28.0. The Hall–Kier alpha value is -6.60. The molecule has 2 nitrogen and oxygen atoms in total. The summed E-state index contributed by atoms with van der Waals surface area (Å²) in [7, 11) is 4.07. The predicted octanol–water partition coefficient (Wildman–Crippen LogP) is 19.3. The number of para-hydroxylation sites is 1. The molecule has 0 aromatic heterocycles. The van der Waals surface area contributed by atoms with Crippen LogP contribution in [0.25, 0.3) is 33.4 Å². The summed E-state index contributed by atoms with van der Waals surface area (Å²) in [6, 6.07) is 7.79. The van der Waals surface area contributed by atoms with Crippen molar-refractivity contribution in [2.75, 3.05) is 32.1 Å². The quantitative estimate of drug-likeness (QED) is 0.108. The normalized spacial score (nSPS) is 13.4. The van der Waals surface area contributed by atoms with Crippen molar-refractivity contribution < 1.29 is 105 Å². The van der Waals surface area contributed by atoms with Crippen LogP contribution in [0.3, 0.4) is 0 Å². The zero-order valence-electron chi connectivity index (χ0n) is 38.8. The fourth-order valence-corrected chi connectivity index (χ4v) is 8.07. The fourth-order valence-electron chi connectivity index (χ4n) is 8.07.